The first-order chi connectivity index (χ1) is 9.10. The molecular formula is C16H24BrNO. The molecule has 0 radical (unpaired) electrons. The molecule has 1 saturated carbocycles. The fraction of sp³-hybridized carbons (Fsp3) is 0.625. The van der Waals surface area contributed by atoms with Gasteiger partial charge in [0.05, 0.1) is 6.10 Å². The van der Waals surface area contributed by atoms with E-state index in [9.17, 15) is 0 Å². The molecular weight excluding hydrogens is 302 g/mol. The highest BCUT2D eigenvalue weighted by molar-refractivity contribution is 9.10. The predicted octanol–water partition coefficient (Wildman–Crippen LogP) is 4.15. The van der Waals surface area contributed by atoms with Gasteiger partial charge in [-0.25, -0.2) is 0 Å². The molecule has 1 aromatic rings. The van der Waals surface area contributed by atoms with Gasteiger partial charge >= 0.3 is 0 Å². The zero-order valence-corrected chi connectivity index (χ0v) is 13.4. The molecule has 1 aliphatic rings. The van der Waals surface area contributed by atoms with Crippen molar-refractivity contribution in [2.45, 2.75) is 45.6 Å². The molecule has 2 rings (SSSR count). The maximum atomic E-state index is 6.15. The number of hydrogen-bond donors (Lipinski definition) is 1. The molecule has 2 N–H and O–H groups in total. The van der Waals surface area contributed by atoms with Crippen molar-refractivity contribution in [3.8, 4) is 5.75 Å². The standard InChI is InChI=1S/C16H24BrNO/c1-11-3-4-14(9-12(11)2)19-15-5-6-16(17)13(10-15)7-8-18/h5-6,10-12,14H,3-4,7-9,18H2,1-2H3. The van der Waals surface area contributed by atoms with E-state index in [4.69, 9.17) is 10.5 Å². The largest absolute Gasteiger partial charge is 0.490 e. The van der Waals surface area contributed by atoms with Crippen molar-refractivity contribution >= 4 is 15.9 Å². The van der Waals surface area contributed by atoms with Crippen LogP contribution in [0.1, 0.15) is 38.7 Å². The number of hydrogen-bond acceptors (Lipinski definition) is 2. The van der Waals surface area contributed by atoms with E-state index in [1.165, 1.54) is 24.8 Å². The molecule has 3 heteroatoms. The van der Waals surface area contributed by atoms with Gasteiger partial charge < -0.3 is 10.5 Å². The number of rotatable bonds is 4. The van der Waals surface area contributed by atoms with Crippen molar-refractivity contribution in [2.24, 2.45) is 17.6 Å². The molecule has 1 aromatic carbocycles. The van der Waals surface area contributed by atoms with Crippen LogP contribution in [-0.2, 0) is 6.42 Å². The Morgan fingerprint density at radius 2 is 2.05 bits per heavy atom. The zero-order valence-electron chi connectivity index (χ0n) is 11.9. The molecule has 0 aromatic heterocycles. The summed E-state index contributed by atoms with van der Waals surface area (Å²) in [4.78, 5) is 0. The van der Waals surface area contributed by atoms with Crippen molar-refractivity contribution in [1.29, 1.82) is 0 Å². The average Bonchev–Trinajstić information content (AvgIpc) is 2.38. The summed E-state index contributed by atoms with van der Waals surface area (Å²) >= 11 is 3.56. The normalized spacial score (nSPS) is 27.3. The van der Waals surface area contributed by atoms with Crippen LogP contribution in [0.15, 0.2) is 22.7 Å². The van der Waals surface area contributed by atoms with Crippen molar-refractivity contribution in [3.63, 3.8) is 0 Å². The molecule has 3 atom stereocenters. The number of halogens is 1. The van der Waals surface area contributed by atoms with Gasteiger partial charge in [-0.15, -0.1) is 0 Å². The first-order valence-electron chi connectivity index (χ1n) is 7.25. The van der Waals surface area contributed by atoms with Crippen molar-refractivity contribution in [3.05, 3.63) is 28.2 Å². The number of ether oxygens (including phenoxy) is 1. The SMILES string of the molecule is CC1CCC(Oc2ccc(Br)c(CCN)c2)CC1C. The van der Waals surface area contributed by atoms with Crippen molar-refractivity contribution in [1.82, 2.24) is 0 Å². The first-order valence-corrected chi connectivity index (χ1v) is 8.04. The van der Waals surface area contributed by atoms with Crippen LogP contribution in [0.5, 0.6) is 5.75 Å². The third-order valence-electron chi connectivity index (χ3n) is 4.28. The highest BCUT2D eigenvalue weighted by atomic mass is 79.9. The zero-order chi connectivity index (χ0) is 13.8. The Labute approximate surface area is 124 Å². The van der Waals surface area contributed by atoms with Crippen LogP contribution in [-0.4, -0.2) is 12.6 Å². The Morgan fingerprint density at radius 3 is 2.74 bits per heavy atom. The maximum absolute atomic E-state index is 6.15. The van der Waals surface area contributed by atoms with Gasteiger partial charge in [0.1, 0.15) is 5.75 Å². The maximum Gasteiger partial charge on any atom is 0.120 e. The van der Waals surface area contributed by atoms with Gasteiger partial charge in [0.25, 0.3) is 0 Å². The van der Waals surface area contributed by atoms with E-state index in [-0.39, 0.29) is 0 Å². The van der Waals surface area contributed by atoms with E-state index >= 15 is 0 Å². The smallest absolute Gasteiger partial charge is 0.120 e. The molecule has 3 unspecified atom stereocenters. The first kappa shape index (κ1) is 14.9. The quantitative estimate of drug-likeness (QED) is 0.902. The van der Waals surface area contributed by atoms with Gasteiger partial charge in [-0.3, -0.25) is 0 Å². The summed E-state index contributed by atoms with van der Waals surface area (Å²) in [6.07, 6.45) is 4.88. The van der Waals surface area contributed by atoms with E-state index < -0.39 is 0 Å². The van der Waals surface area contributed by atoms with Gasteiger partial charge in [-0.2, -0.15) is 0 Å². The summed E-state index contributed by atoms with van der Waals surface area (Å²) in [6, 6.07) is 6.24. The van der Waals surface area contributed by atoms with Gasteiger partial charge in [0.15, 0.2) is 0 Å². The molecule has 1 aliphatic carbocycles. The van der Waals surface area contributed by atoms with E-state index in [0.29, 0.717) is 12.6 Å². The van der Waals surface area contributed by atoms with Crippen molar-refractivity contribution < 1.29 is 4.74 Å². The second kappa shape index (κ2) is 6.76. The fourth-order valence-corrected chi connectivity index (χ4v) is 3.21. The number of nitrogens with two attached hydrogens (primary N) is 1. The molecule has 2 nitrogen and oxygen atoms in total. The molecule has 0 heterocycles. The second-order valence-electron chi connectivity index (χ2n) is 5.80. The topological polar surface area (TPSA) is 35.2 Å². The monoisotopic (exact) mass is 325 g/mol. The van der Waals surface area contributed by atoms with Crippen LogP contribution in [0.25, 0.3) is 0 Å². The minimum Gasteiger partial charge on any atom is -0.490 e. The van der Waals surface area contributed by atoms with Crippen molar-refractivity contribution in [2.75, 3.05) is 6.54 Å². The molecule has 106 valence electrons. The molecule has 1 fully saturated rings. The summed E-state index contributed by atoms with van der Waals surface area (Å²) in [7, 11) is 0. The molecule has 0 bridgehead atoms. The minimum atomic E-state index is 0.373. The van der Waals surface area contributed by atoms with Gasteiger partial charge in [0.2, 0.25) is 0 Å². The molecule has 19 heavy (non-hydrogen) atoms. The van der Waals surface area contributed by atoms with Gasteiger partial charge in [-0.1, -0.05) is 29.8 Å². The van der Waals surface area contributed by atoms with Gasteiger partial charge in [0, 0.05) is 4.47 Å². The van der Waals surface area contributed by atoms with Crippen LogP contribution in [0.3, 0.4) is 0 Å². The lowest BCUT2D eigenvalue weighted by Crippen LogP contribution is -2.28. The molecule has 0 amide bonds. The third kappa shape index (κ3) is 3.96. The van der Waals surface area contributed by atoms with Crippen LogP contribution >= 0.6 is 15.9 Å². The second-order valence-corrected chi connectivity index (χ2v) is 6.65. The number of benzene rings is 1. The Morgan fingerprint density at radius 1 is 1.26 bits per heavy atom. The average molecular weight is 326 g/mol. The van der Waals surface area contributed by atoms with E-state index in [1.54, 1.807) is 0 Å². The Balaban J connectivity index is 2.01. The lowest BCUT2D eigenvalue weighted by molar-refractivity contribution is 0.101. The third-order valence-corrected chi connectivity index (χ3v) is 5.06. The van der Waals surface area contributed by atoms with Crippen LogP contribution in [0, 0.1) is 11.8 Å². The fourth-order valence-electron chi connectivity index (χ4n) is 2.77. The summed E-state index contributed by atoms with van der Waals surface area (Å²) in [5.41, 5.74) is 6.87. The predicted molar refractivity (Wildman–Crippen MR) is 83.5 cm³/mol. The summed E-state index contributed by atoms with van der Waals surface area (Å²) < 4.78 is 7.28. The van der Waals surface area contributed by atoms with E-state index in [2.05, 4.69) is 41.9 Å². The van der Waals surface area contributed by atoms with Crippen LogP contribution in [0.4, 0.5) is 0 Å². The molecule has 0 aliphatic heterocycles. The van der Waals surface area contributed by atoms with Crippen LogP contribution in [0.2, 0.25) is 0 Å². The lowest BCUT2D eigenvalue weighted by atomic mass is 9.80. The molecule has 0 spiro atoms. The Bertz CT molecular complexity index is 421. The van der Waals surface area contributed by atoms with E-state index in [1.807, 2.05) is 6.07 Å². The Hall–Kier alpha value is -0.540. The summed E-state index contributed by atoms with van der Waals surface area (Å²) in [6.45, 7) is 5.35. The highest BCUT2D eigenvalue weighted by Gasteiger charge is 2.25. The van der Waals surface area contributed by atoms with E-state index in [0.717, 1.165) is 28.5 Å². The summed E-state index contributed by atoms with van der Waals surface area (Å²) in [5.74, 6) is 2.58. The minimum absolute atomic E-state index is 0.373. The lowest BCUT2D eigenvalue weighted by Gasteiger charge is -2.32. The molecule has 0 saturated heterocycles. The highest BCUT2D eigenvalue weighted by Crippen LogP contribution is 2.32. The van der Waals surface area contributed by atoms with Crippen LogP contribution < -0.4 is 10.5 Å². The Kier molecular flexibility index (Phi) is 5.28. The van der Waals surface area contributed by atoms with Gasteiger partial charge in [-0.05, 0) is 67.8 Å². The summed E-state index contributed by atoms with van der Waals surface area (Å²) in [5, 5.41) is 0.